The Morgan fingerprint density at radius 1 is 1.52 bits per heavy atom. The van der Waals surface area contributed by atoms with Gasteiger partial charge in [-0.25, -0.2) is 4.79 Å². The van der Waals surface area contributed by atoms with E-state index in [1.807, 2.05) is 0 Å². The molecule has 1 heterocycles. The number of carbonyl (C=O) groups is 1. The highest BCUT2D eigenvalue weighted by Gasteiger charge is 2.25. The quantitative estimate of drug-likeness (QED) is 0.746. The number of nitrogens with one attached hydrogen (secondary N) is 1. The first kappa shape index (κ1) is 17.7. The van der Waals surface area contributed by atoms with Gasteiger partial charge in [0.15, 0.2) is 0 Å². The topological polar surface area (TPSA) is 76.4 Å². The van der Waals surface area contributed by atoms with Crippen molar-refractivity contribution in [2.24, 2.45) is 12.5 Å². The molecule has 0 fully saturated rings. The highest BCUT2D eigenvalue weighted by molar-refractivity contribution is 5.90. The maximum Gasteiger partial charge on any atom is 0.341 e. The van der Waals surface area contributed by atoms with Gasteiger partial charge < -0.3 is 15.2 Å². The highest BCUT2D eigenvalue weighted by Crippen LogP contribution is 2.22. The number of ether oxygens (including phenoxy) is 1. The van der Waals surface area contributed by atoms with Crippen molar-refractivity contribution in [2.75, 3.05) is 13.2 Å². The van der Waals surface area contributed by atoms with Crippen LogP contribution in [0.15, 0.2) is 6.20 Å². The molecule has 21 heavy (non-hydrogen) atoms. The molecular formula is C15H27N3O3. The van der Waals surface area contributed by atoms with Crippen LogP contribution in [0.25, 0.3) is 0 Å². The van der Waals surface area contributed by atoms with Crippen molar-refractivity contribution in [3.05, 3.63) is 17.5 Å². The lowest BCUT2D eigenvalue weighted by molar-refractivity contribution is 0.0524. The van der Waals surface area contributed by atoms with Gasteiger partial charge in [-0.05, 0) is 18.8 Å². The summed E-state index contributed by atoms with van der Waals surface area (Å²) >= 11 is 0. The summed E-state index contributed by atoms with van der Waals surface area (Å²) in [6.07, 6.45) is 2.20. The van der Waals surface area contributed by atoms with Crippen LogP contribution in [0, 0.1) is 5.41 Å². The summed E-state index contributed by atoms with van der Waals surface area (Å²) < 4.78 is 6.72. The van der Waals surface area contributed by atoms with Crippen molar-refractivity contribution in [3.63, 3.8) is 0 Å². The third-order valence-electron chi connectivity index (χ3n) is 3.54. The fourth-order valence-electron chi connectivity index (χ4n) is 2.24. The molecule has 6 heteroatoms. The molecule has 0 spiro atoms. The molecule has 0 aliphatic heterocycles. The average molecular weight is 297 g/mol. The van der Waals surface area contributed by atoms with Crippen LogP contribution in [0.4, 0.5) is 0 Å². The van der Waals surface area contributed by atoms with E-state index in [-0.39, 0.29) is 24.0 Å². The van der Waals surface area contributed by atoms with Gasteiger partial charge in [0.25, 0.3) is 0 Å². The third kappa shape index (κ3) is 4.82. The zero-order chi connectivity index (χ0) is 16.0. The van der Waals surface area contributed by atoms with Crippen LogP contribution in [0.5, 0.6) is 0 Å². The molecule has 0 bridgehead atoms. The number of aliphatic hydroxyl groups is 1. The van der Waals surface area contributed by atoms with Crippen molar-refractivity contribution < 1.29 is 14.6 Å². The van der Waals surface area contributed by atoms with Crippen LogP contribution in [0.1, 0.15) is 50.2 Å². The van der Waals surface area contributed by atoms with Gasteiger partial charge in [0.2, 0.25) is 0 Å². The number of aryl methyl sites for hydroxylation is 1. The first-order valence-electron chi connectivity index (χ1n) is 7.33. The molecule has 0 aromatic carbocycles. The van der Waals surface area contributed by atoms with Crippen LogP contribution in [0.2, 0.25) is 0 Å². The zero-order valence-corrected chi connectivity index (χ0v) is 13.6. The first-order valence-corrected chi connectivity index (χ1v) is 7.33. The van der Waals surface area contributed by atoms with Crippen LogP contribution in [-0.4, -0.2) is 40.1 Å². The molecule has 0 saturated carbocycles. The molecule has 1 aromatic rings. The average Bonchev–Trinajstić information content (AvgIpc) is 2.75. The molecule has 1 unspecified atom stereocenters. The SMILES string of the molecule is CCOC(=O)c1cnn(C)c1CNC(CCO)C(C)(C)C. The maximum atomic E-state index is 11.9. The molecule has 120 valence electrons. The second-order valence-corrected chi connectivity index (χ2v) is 6.16. The number of rotatable bonds is 7. The molecule has 0 saturated heterocycles. The molecule has 0 amide bonds. The summed E-state index contributed by atoms with van der Waals surface area (Å²) in [6.45, 7) is 9.12. The Kier molecular flexibility index (Phi) is 6.36. The third-order valence-corrected chi connectivity index (χ3v) is 3.54. The van der Waals surface area contributed by atoms with Crippen molar-refractivity contribution in [1.82, 2.24) is 15.1 Å². The Morgan fingerprint density at radius 2 is 2.19 bits per heavy atom. The van der Waals surface area contributed by atoms with Gasteiger partial charge in [0, 0.05) is 26.2 Å². The lowest BCUT2D eigenvalue weighted by atomic mass is 9.85. The number of aromatic nitrogens is 2. The smallest absolute Gasteiger partial charge is 0.341 e. The van der Waals surface area contributed by atoms with Gasteiger partial charge in [-0.1, -0.05) is 20.8 Å². The minimum absolute atomic E-state index is 0.0193. The van der Waals surface area contributed by atoms with E-state index in [0.717, 1.165) is 5.69 Å². The minimum atomic E-state index is -0.350. The molecule has 0 aliphatic rings. The molecule has 1 aromatic heterocycles. The molecule has 0 aliphatic carbocycles. The van der Waals surface area contributed by atoms with E-state index in [0.29, 0.717) is 25.1 Å². The maximum absolute atomic E-state index is 11.9. The van der Waals surface area contributed by atoms with Crippen molar-refractivity contribution in [1.29, 1.82) is 0 Å². The summed E-state index contributed by atoms with van der Waals surface area (Å²) in [5.74, 6) is -0.350. The van der Waals surface area contributed by atoms with Gasteiger partial charge in [-0.2, -0.15) is 5.10 Å². The summed E-state index contributed by atoms with van der Waals surface area (Å²) in [5, 5.41) is 16.7. The van der Waals surface area contributed by atoms with Crippen molar-refractivity contribution in [3.8, 4) is 0 Å². The second kappa shape index (κ2) is 7.56. The fourth-order valence-corrected chi connectivity index (χ4v) is 2.24. The summed E-state index contributed by atoms with van der Waals surface area (Å²) in [5.41, 5.74) is 1.30. The van der Waals surface area contributed by atoms with Crippen LogP contribution < -0.4 is 5.32 Å². The molecule has 6 nitrogen and oxygen atoms in total. The first-order chi connectivity index (χ1) is 9.81. The predicted octanol–water partition coefficient (Wildman–Crippen LogP) is 1.48. The largest absolute Gasteiger partial charge is 0.462 e. The van der Waals surface area contributed by atoms with Gasteiger partial charge in [-0.15, -0.1) is 0 Å². The van der Waals surface area contributed by atoms with Crippen molar-refractivity contribution >= 4 is 5.97 Å². The number of aliphatic hydroxyl groups excluding tert-OH is 1. The summed E-state index contributed by atoms with van der Waals surface area (Å²) in [6, 6.07) is 0.146. The lowest BCUT2D eigenvalue weighted by Gasteiger charge is -2.31. The van der Waals surface area contributed by atoms with E-state index in [1.165, 1.54) is 6.20 Å². The van der Waals surface area contributed by atoms with E-state index < -0.39 is 0 Å². The highest BCUT2D eigenvalue weighted by atomic mass is 16.5. The van der Waals surface area contributed by atoms with Crippen LogP contribution in [0.3, 0.4) is 0 Å². The standard InChI is InChI=1S/C15H27N3O3/c1-6-21-14(20)11-9-17-18(5)12(11)10-16-13(7-8-19)15(2,3)4/h9,13,16,19H,6-8,10H2,1-5H3. The van der Waals surface area contributed by atoms with Crippen molar-refractivity contribution in [2.45, 2.75) is 46.7 Å². The number of carbonyl (C=O) groups excluding carboxylic acids is 1. The Balaban J connectivity index is 2.82. The summed E-state index contributed by atoms with van der Waals surface area (Å²) in [7, 11) is 1.80. The minimum Gasteiger partial charge on any atom is -0.462 e. The molecule has 1 atom stereocenters. The van der Waals surface area contributed by atoms with Crippen LogP contribution in [-0.2, 0) is 18.3 Å². The number of nitrogens with zero attached hydrogens (tertiary/aromatic N) is 2. The van der Waals surface area contributed by atoms with Crippen LogP contribution >= 0.6 is 0 Å². The normalized spacial score (nSPS) is 13.2. The van der Waals surface area contributed by atoms with E-state index in [4.69, 9.17) is 4.74 Å². The number of esters is 1. The van der Waals surface area contributed by atoms with Gasteiger partial charge in [0.1, 0.15) is 5.56 Å². The van der Waals surface area contributed by atoms with E-state index >= 15 is 0 Å². The molecular weight excluding hydrogens is 270 g/mol. The van der Waals surface area contributed by atoms with Gasteiger partial charge in [0.05, 0.1) is 18.5 Å². The molecule has 1 rings (SSSR count). The number of hydrogen-bond donors (Lipinski definition) is 2. The number of hydrogen-bond acceptors (Lipinski definition) is 5. The second-order valence-electron chi connectivity index (χ2n) is 6.16. The molecule has 2 N–H and O–H groups in total. The van der Waals surface area contributed by atoms with E-state index in [9.17, 15) is 9.90 Å². The predicted molar refractivity (Wildman–Crippen MR) is 81.0 cm³/mol. The summed E-state index contributed by atoms with van der Waals surface area (Å²) in [4.78, 5) is 11.9. The zero-order valence-electron chi connectivity index (χ0n) is 13.6. The van der Waals surface area contributed by atoms with Gasteiger partial charge in [-0.3, -0.25) is 4.68 Å². The van der Waals surface area contributed by atoms with E-state index in [1.54, 1.807) is 18.7 Å². The monoisotopic (exact) mass is 297 g/mol. The van der Waals surface area contributed by atoms with E-state index in [2.05, 4.69) is 31.2 Å². The Bertz CT molecular complexity index is 463. The Morgan fingerprint density at radius 3 is 2.71 bits per heavy atom. The fraction of sp³-hybridized carbons (Fsp3) is 0.733. The van der Waals surface area contributed by atoms with Gasteiger partial charge >= 0.3 is 5.97 Å². The Hall–Kier alpha value is -1.40. The molecule has 0 radical (unpaired) electrons. The lowest BCUT2D eigenvalue weighted by Crippen LogP contribution is -2.41. The Labute approximate surface area is 126 Å².